The highest BCUT2D eigenvalue weighted by atomic mass is 32.1. The second-order valence-corrected chi connectivity index (χ2v) is 5.70. The SMILES string of the molecule is COc1ccc(C)cc1CC(Cc1cccs1)NN. The molecule has 0 aliphatic carbocycles. The summed E-state index contributed by atoms with van der Waals surface area (Å²) in [5.74, 6) is 6.61. The van der Waals surface area contributed by atoms with Gasteiger partial charge in [0.15, 0.2) is 0 Å². The maximum absolute atomic E-state index is 5.68. The Morgan fingerprint density at radius 3 is 2.79 bits per heavy atom. The molecule has 0 saturated heterocycles. The van der Waals surface area contributed by atoms with Gasteiger partial charge in [0.05, 0.1) is 7.11 Å². The molecule has 0 bridgehead atoms. The van der Waals surface area contributed by atoms with Crippen molar-refractivity contribution in [3.05, 3.63) is 51.7 Å². The van der Waals surface area contributed by atoms with Crippen LogP contribution in [0.15, 0.2) is 35.7 Å². The van der Waals surface area contributed by atoms with Crippen LogP contribution in [0.1, 0.15) is 16.0 Å². The zero-order valence-electron chi connectivity index (χ0n) is 11.3. The van der Waals surface area contributed by atoms with E-state index in [0.717, 1.165) is 18.6 Å². The lowest BCUT2D eigenvalue weighted by molar-refractivity contribution is 0.404. The number of thiophene rings is 1. The van der Waals surface area contributed by atoms with Crippen LogP contribution < -0.4 is 16.0 Å². The van der Waals surface area contributed by atoms with Crippen LogP contribution in [0.4, 0.5) is 0 Å². The molecule has 2 rings (SSSR count). The molecule has 1 atom stereocenters. The standard InChI is InChI=1S/C15H20N2OS/c1-11-5-6-15(18-2)12(8-11)9-13(17-16)10-14-4-3-7-19-14/h3-8,13,17H,9-10,16H2,1-2H3. The molecule has 19 heavy (non-hydrogen) atoms. The predicted molar refractivity (Wildman–Crippen MR) is 80.6 cm³/mol. The molecule has 0 radical (unpaired) electrons. The molecule has 1 aromatic carbocycles. The second-order valence-electron chi connectivity index (χ2n) is 4.67. The molecular formula is C15H20N2OS. The molecule has 0 fully saturated rings. The summed E-state index contributed by atoms with van der Waals surface area (Å²) in [7, 11) is 1.71. The lowest BCUT2D eigenvalue weighted by Crippen LogP contribution is -2.38. The first-order valence-corrected chi connectivity index (χ1v) is 7.23. The first-order chi connectivity index (χ1) is 9.22. The third kappa shape index (κ3) is 3.80. The predicted octanol–water partition coefficient (Wildman–Crippen LogP) is 2.68. The quantitative estimate of drug-likeness (QED) is 0.630. The molecule has 0 spiro atoms. The molecule has 1 unspecified atom stereocenters. The van der Waals surface area contributed by atoms with Gasteiger partial charge in [-0.1, -0.05) is 23.8 Å². The van der Waals surface area contributed by atoms with Crippen LogP contribution in [-0.2, 0) is 12.8 Å². The highest BCUT2D eigenvalue weighted by Crippen LogP contribution is 2.22. The molecule has 2 aromatic rings. The molecule has 102 valence electrons. The van der Waals surface area contributed by atoms with Gasteiger partial charge in [-0.2, -0.15) is 0 Å². The van der Waals surface area contributed by atoms with Crippen molar-refractivity contribution in [2.75, 3.05) is 7.11 Å². The molecule has 0 saturated carbocycles. The first-order valence-electron chi connectivity index (χ1n) is 6.35. The van der Waals surface area contributed by atoms with E-state index in [-0.39, 0.29) is 6.04 Å². The molecule has 1 heterocycles. The number of nitrogens with one attached hydrogen (secondary N) is 1. The van der Waals surface area contributed by atoms with Crippen molar-refractivity contribution in [3.63, 3.8) is 0 Å². The zero-order valence-corrected chi connectivity index (χ0v) is 12.2. The van der Waals surface area contributed by atoms with Crippen molar-refractivity contribution in [3.8, 4) is 5.75 Å². The fraction of sp³-hybridized carbons (Fsp3) is 0.333. The highest BCUT2D eigenvalue weighted by Gasteiger charge is 2.13. The van der Waals surface area contributed by atoms with Crippen molar-refractivity contribution in [1.82, 2.24) is 5.43 Å². The van der Waals surface area contributed by atoms with E-state index in [1.165, 1.54) is 16.0 Å². The molecule has 0 aliphatic heterocycles. The highest BCUT2D eigenvalue weighted by molar-refractivity contribution is 7.09. The van der Waals surface area contributed by atoms with Gasteiger partial charge >= 0.3 is 0 Å². The Kier molecular flexibility index (Phi) is 4.96. The Bertz CT molecular complexity index is 511. The molecule has 1 aromatic heterocycles. The monoisotopic (exact) mass is 276 g/mol. The number of hydrazine groups is 1. The van der Waals surface area contributed by atoms with E-state index < -0.39 is 0 Å². The summed E-state index contributed by atoms with van der Waals surface area (Å²) in [4.78, 5) is 1.34. The van der Waals surface area contributed by atoms with Crippen LogP contribution in [0.5, 0.6) is 5.75 Å². The van der Waals surface area contributed by atoms with Gasteiger partial charge in [-0.15, -0.1) is 11.3 Å². The van der Waals surface area contributed by atoms with Crippen LogP contribution in [-0.4, -0.2) is 13.2 Å². The molecule has 0 amide bonds. The normalized spacial score (nSPS) is 12.4. The largest absolute Gasteiger partial charge is 0.496 e. The Morgan fingerprint density at radius 1 is 1.32 bits per heavy atom. The fourth-order valence-electron chi connectivity index (χ4n) is 2.19. The number of hydrogen-bond acceptors (Lipinski definition) is 4. The average molecular weight is 276 g/mol. The number of benzene rings is 1. The van der Waals surface area contributed by atoms with Gasteiger partial charge in [-0.3, -0.25) is 11.3 Å². The molecule has 3 N–H and O–H groups in total. The van der Waals surface area contributed by atoms with Crippen molar-refractivity contribution in [2.24, 2.45) is 5.84 Å². The topological polar surface area (TPSA) is 47.3 Å². The zero-order chi connectivity index (χ0) is 13.7. The van der Waals surface area contributed by atoms with E-state index in [2.05, 4.69) is 42.0 Å². The Morgan fingerprint density at radius 2 is 2.16 bits per heavy atom. The van der Waals surface area contributed by atoms with E-state index in [9.17, 15) is 0 Å². The second kappa shape index (κ2) is 6.70. The maximum atomic E-state index is 5.68. The van der Waals surface area contributed by atoms with Gasteiger partial charge in [0.25, 0.3) is 0 Å². The minimum absolute atomic E-state index is 0.217. The summed E-state index contributed by atoms with van der Waals surface area (Å²) in [6, 6.07) is 10.7. The Labute approximate surface area is 118 Å². The van der Waals surface area contributed by atoms with Crippen LogP contribution >= 0.6 is 11.3 Å². The van der Waals surface area contributed by atoms with Gasteiger partial charge < -0.3 is 4.74 Å². The maximum Gasteiger partial charge on any atom is 0.122 e. The third-order valence-corrected chi connectivity index (χ3v) is 4.06. The summed E-state index contributed by atoms with van der Waals surface area (Å²) in [6.45, 7) is 2.09. The first kappa shape index (κ1) is 14.1. The third-order valence-electron chi connectivity index (χ3n) is 3.17. The lowest BCUT2D eigenvalue weighted by Gasteiger charge is -2.17. The lowest BCUT2D eigenvalue weighted by atomic mass is 10.0. The molecular weight excluding hydrogens is 256 g/mol. The summed E-state index contributed by atoms with van der Waals surface area (Å²) in [6.07, 6.45) is 1.80. The molecule has 4 heteroatoms. The fourth-order valence-corrected chi connectivity index (χ4v) is 2.98. The van der Waals surface area contributed by atoms with E-state index in [0.29, 0.717) is 0 Å². The average Bonchev–Trinajstić information content (AvgIpc) is 2.91. The van der Waals surface area contributed by atoms with Crippen LogP contribution in [0.25, 0.3) is 0 Å². The van der Waals surface area contributed by atoms with Crippen molar-refractivity contribution in [1.29, 1.82) is 0 Å². The van der Waals surface area contributed by atoms with Crippen molar-refractivity contribution >= 4 is 11.3 Å². The van der Waals surface area contributed by atoms with Crippen molar-refractivity contribution < 1.29 is 4.74 Å². The van der Waals surface area contributed by atoms with Crippen molar-refractivity contribution in [2.45, 2.75) is 25.8 Å². The van der Waals surface area contributed by atoms with Crippen LogP contribution in [0.2, 0.25) is 0 Å². The Hall–Kier alpha value is -1.36. The summed E-state index contributed by atoms with van der Waals surface area (Å²) in [5, 5.41) is 2.09. The van der Waals surface area contributed by atoms with E-state index in [4.69, 9.17) is 10.6 Å². The van der Waals surface area contributed by atoms with Crippen LogP contribution in [0, 0.1) is 6.92 Å². The number of nitrogens with two attached hydrogens (primary N) is 1. The van der Waals surface area contributed by atoms with Crippen LogP contribution in [0.3, 0.4) is 0 Å². The summed E-state index contributed by atoms with van der Waals surface area (Å²) < 4.78 is 5.41. The number of rotatable bonds is 6. The number of ether oxygens (including phenoxy) is 1. The van der Waals surface area contributed by atoms with E-state index >= 15 is 0 Å². The number of aryl methyl sites for hydroxylation is 1. The van der Waals surface area contributed by atoms with Gasteiger partial charge in [0.1, 0.15) is 5.75 Å². The minimum Gasteiger partial charge on any atom is -0.496 e. The Balaban J connectivity index is 2.11. The van der Waals surface area contributed by atoms with E-state index in [1.807, 2.05) is 6.07 Å². The van der Waals surface area contributed by atoms with Gasteiger partial charge in [0, 0.05) is 10.9 Å². The minimum atomic E-state index is 0.217. The van der Waals surface area contributed by atoms with E-state index in [1.54, 1.807) is 18.4 Å². The molecule has 0 aliphatic rings. The summed E-state index contributed by atoms with van der Waals surface area (Å²) in [5.41, 5.74) is 5.35. The van der Waals surface area contributed by atoms with Gasteiger partial charge in [-0.05, 0) is 42.8 Å². The number of hydrogen-bond donors (Lipinski definition) is 2. The smallest absolute Gasteiger partial charge is 0.122 e. The molecule has 3 nitrogen and oxygen atoms in total. The summed E-state index contributed by atoms with van der Waals surface area (Å²) >= 11 is 1.76. The van der Waals surface area contributed by atoms with Gasteiger partial charge in [-0.25, -0.2) is 0 Å². The number of methoxy groups -OCH3 is 1. The van der Waals surface area contributed by atoms with Gasteiger partial charge in [0.2, 0.25) is 0 Å².